The Morgan fingerprint density at radius 3 is 2.40 bits per heavy atom. The molecule has 0 bridgehead atoms. The van der Waals surface area contributed by atoms with Gasteiger partial charge in [0.15, 0.2) is 0 Å². The van der Waals surface area contributed by atoms with E-state index in [-0.39, 0.29) is 60.2 Å². The summed E-state index contributed by atoms with van der Waals surface area (Å²) in [5, 5.41) is 10.5. The summed E-state index contributed by atoms with van der Waals surface area (Å²) in [5.41, 5.74) is 2.48. The van der Waals surface area contributed by atoms with Gasteiger partial charge in [-0.3, -0.25) is 44.0 Å². The highest BCUT2D eigenvalue weighted by Crippen LogP contribution is 2.34. The predicted molar refractivity (Wildman–Crippen MR) is 230 cm³/mol. The molecule has 1 unspecified atom stereocenters. The van der Waals surface area contributed by atoms with Gasteiger partial charge in [-0.1, -0.05) is 48.5 Å². The number of amides is 7. The Morgan fingerprint density at radius 1 is 0.855 bits per heavy atom. The van der Waals surface area contributed by atoms with Crippen LogP contribution in [0.5, 0.6) is 5.75 Å². The molecule has 15 heteroatoms. The molecule has 4 aliphatic heterocycles. The summed E-state index contributed by atoms with van der Waals surface area (Å²) in [6, 6.07) is 22.8. The fourth-order valence-corrected chi connectivity index (χ4v) is 9.12. The lowest BCUT2D eigenvalue weighted by molar-refractivity contribution is -0.136. The zero-order chi connectivity index (χ0) is 43.3. The summed E-state index contributed by atoms with van der Waals surface area (Å²) in [5.74, 6) is -2.67. The van der Waals surface area contributed by atoms with Gasteiger partial charge in [0.2, 0.25) is 17.7 Å². The largest absolute Gasteiger partial charge is 0.493 e. The van der Waals surface area contributed by atoms with Crippen molar-refractivity contribution in [3.8, 4) is 5.75 Å². The Labute approximate surface area is 359 Å². The molecule has 4 aromatic rings. The molecule has 4 aromatic carbocycles. The van der Waals surface area contributed by atoms with Crippen molar-refractivity contribution < 1.29 is 37.9 Å². The number of imide groups is 2. The number of likely N-dealkylation sites (tertiary alicyclic amines) is 1. The number of ether oxygens (including phenoxy) is 1. The molecule has 0 saturated carbocycles. The SMILES string of the molecule is C[C@H](c1cccc2ccccc12)N1CCC(C(=O)NCc2cc(F)cc(NC(=O)N3CCN(CCCCOc4cccc5c4C(=O)N(C4CCC(=O)NC4=O)C5=O)CC3)c2)CC1. The molecule has 7 amide bonds. The summed E-state index contributed by atoms with van der Waals surface area (Å²) in [6.45, 7) is 7.40. The van der Waals surface area contributed by atoms with Gasteiger partial charge in [-0.05, 0) is 111 Å². The molecule has 14 nitrogen and oxygen atoms in total. The highest BCUT2D eigenvalue weighted by molar-refractivity contribution is 6.24. The van der Waals surface area contributed by atoms with Crippen LogP contribution in [0, 0.1) is 11.7 Å². The maximum Gasteiger partial charge on any atom is 0.321 e. The molecule has 2 atom stereocenters. The average molecular weight is 846 g/mol. The van der Waals surface area contributed by atoms with Crippen LogP contribution in [0.3, 0.4) is 0 Å². The molecule has 0 spiro atoms. The van der Waals surface area contributed by atoms with Gasteiger partial charge >= 0.3 is 6.03 Å². The number of hydrogen-bond donors (Lipinski definition) is 3. The Balaban J connectivity index is 0.738. The first-order valence-electron chi connectivity index (χ1n) is 21.6. The first-order chi connectivity index (χ1) is 30.0. The number of nitrogens with zero attached hydrogens (tertiary/aromatic N) is 4. The molecule has 3 saturated heterocycles. The predicted octanol–water partition coefficient (Wildman–Crippen LogP) is 5.48. The van der Waals surface area contributed by atoms with Crippen LogP contribution in [-0.4, -0.2) is 114 Å². The molecular weight excluding hydrogens is 794 g/mol. The van der Waals surface area contributed by atoms with Crippen molar-refractivity contribution in [2.24, 2.45) is 5.92 Å². The lowest BCUT2D eigenvalue weighted by Crippen LogP contribution is -2.54. The Morgan fingerprint density at radius 2 is 1.61 bits per heavy atom. The first-order valence-corrected chi connectivity index (χ1v) is 21.6. The topological polar surface area (TPSA) is 161 Å². The smallest absolute Gasteiger partial charge is 0.321 e. The molecule has 4 heterocycles. The number of benzene rings is 4. The second-order valence-corrected chi connectivity index (χ2v) is 16.6. The summed E-state index contributed by atoms with van der Waals surface area (Å²) in [4.78, 5) is 84.2. The van der Waals surface area contributed by atoms with Crippen LogP contribution in [0.4, 0.5) is 14.9 Å². The number of rotatable bonds is 13. The molecule has 8 rings (SSSR count). The van der Waals surface area contributed by atoms with Crippen LogP contribution >= 0.6 is 0 Å². The minimum absolute atomic E-state index is 0.0451. The number of anilines is 1. The molecule has 62 heavy (non-hydrogen) atoms. The number of carbonyl (C=O) groups excluding carboxylic acids is 6. The van der Waals surface area contributed by atoms with Crippen LogP contribution < -0.4 is 20.7 Å². The number of piperazine rings is 1. The Bertz CT molecular complexity index is 2370. The maximum absolute atomic E-state index is 14.7. The van der Waals surface area contributed by atoms with E-state index >= 15 is 0 Å². The van der Waals surface area contributed by atoms with Crippen molar-refractivity contribution in [2.45, 2.75) is 64.1 Å². The first kappa shape index (κ1) is 42.5. The normalized spacial score (nSPS) is 19.4. The third-order valence-corrected chi connectivity index (χ3v) is 12.6. The number of nitrogens with one attached hydrogen (secondary N) is 3. The Kier molecular flexibility index (Phi) is 12.9. The number of carbonyl (C=O) groups is 6. The number of fused-ring (bicyclic) bond motifs is 2. The van der Waals surface area contributed by atoms with E-state index in [9.17, 15) is 33.2 Å². The highest BCUT2D eigenvalue weighted by Gasteiger charge is 2.46. The van der Waals surface area contributed by atoms with Gasteiger partial charge in [0.1, 0.15) is 17.6 Å². The lowest BCUT2D eigenvalue weighted by Gasteiger charge is -2.36. The molecule has 0 radical (unpaired) electrons. The number of piperidine rings is 2. The van der Waals surface area contributed by atoms with Crippen LogP contribution in [-0.2, 0) is 20.9 Å². The molecular formula is C47H52FN7O7. The molecule has 0 aliphatic carbocycles. The number of unbranched alkanes of at least 4 members (excludes halogenated alkanes) is 1. The van der Waals surface area contributed by atoms with Gasteiger partial charge < -0.3 is 20.3 Å². The molecule has 0 aromatic heterocycles. The van der Waals surface area contributed by atoms with E-state index in [0.29, 0.717) is 50.5 Å². The van der Waals surface area contributed by atoms with E-state index in [1.807, 2.05) is 0 Å². The highest BCUT2D eigenvalue weighted by atomic mass is 19.1. The monoisotopic (exact) mass is 845 g/mol. The van der Waals surface area contributed by atoms with Gasteiger partial charge in [0.05, 0.1) is 17.7 Å². The number of urea groups is 1. The van der Waals surface area contributed by atoms with E-state index in [1.54, 1.807) is 23.1 Å². The van der Waals surface area contributed by atoms with Crippen molar-refractivity contribution in [3.63, 3.8) is 0 Å². The molecule has 324 valence electrons. The van der Waals surface area contributed by atoms with E-state index in [1.165, 1.54) is 34.5 Å². The van der Waals surface area contributed by atoms with Gasteiger partial charge in [-0.15, -0.1) is 0 Å². The lowest BCUT2D eigenvalue weighted by atomic mass is 9.92. The van der Waals surface area contributed by atoms with Crippen LogP contribution in [0.2, 0.25) is 0 Å². The van der Waals surface area contributed by atoms with E-state index in [2.05, 4.69) is 75.1 Å². The summed E-state index contributed by atoms with van der Waals surface area (Å²) < 4.78 is 20.7. The fourth-order valence-electron chi connectivity index (χ4n) is 9.12. The summed E-state index contributed by atoms with van der Waals surface area (Å²) in [6.07, 6.45) is 3.08. The van der Waals surface area contributed by atoms with E-state index in [0.717, 1.165) is 43.8 Å². The second kappa shape index (κ2) is 18.8. The third-order valence-electron chi connectivity index (χ3n) is 12.6. The quantitative estimate of drug-likeness (QED) is 0.117. The average Bonchev–Trinajstić information content (AvgIpc) is 3.53. The van der Waals surface area contributed by atoms with Gasteiger partial charge in [-0.25, -0.2) is 9.18 Å². The van der Waals surface area contributed by atoms with E-state index < -0.39 is 35.5 Å². The van der Waals surface area contributed by atoms with Crippen molar-refractivity contribution >= 4 is 52.0 Å². The van der Waals surface area contributed by atoms with Gasteiger partial charge in [0, 0.05) is 56.8 Å². The fraction of sp³-hybridized carbons (Fsp3) is 0.404. The molecule has 3 fully saturated rings. The van der Waals surface area contributed by atoms with Crippen LogP contribution in [0.1, 0.15) is 83.3 Å². The summed E-state index contributed by atoms with van der Waals surface area (Å²) in [7, 11) is 0. The number of halogens is 1. The zero-order valence-corrected chi connectivity index (χ0v) is 34.9. The maximum atomic E-state index is 14.7. The molecule has 4 aliphatic rings. The van der Waals surface area contributed by atoms with Crippen molar-refractivity contribution in [1.29, 1.82) is 0 Å². The van der Waals surface area contributed by atoms with E-state index in [4.69, 9.17) is 4.74 Å². The van der Waals surface area contributed by atoms with Gasteiger partial charge in [-0.2, -0.15) is 0 Å². The van der Waals surface area contributed by atoms with Gasteiger partial charge in [0.25, 0.3) is 11.8 Å². The summed E-state index contributed by atoms with van der Waals surface area (Å²) >= 11 is 0. The third kappa shape index (κ3) is 9.33. The van der Waals surface area contributed by atoms with Crippen molar-refractivity contribution in [1.82, 2.24) is 30.2 Å². The standard InChI is InChI=1S/C47H52FN7O7/c1-30(36-11-6-9-32-8-2-3-10-37(32)36)53-19-16-33(17-20-53)43(57)49-29-31-26-34(48)28-35(27-31)50-47(61)54-23-21-52(22-24-54)18-4-5-25-62-40-13-7-12-38-42(40)46(60)55(45(38)59)39-14-15-41(56)51-44(39)58/h2-3,6-13,26-28,30,33,39H,4-5,14-25,29H2,1H3,(H,49,57)(H,50,61)(H,51,56,58)/t30-,39?/m1/s1. The zero-order valence-electron chi connectivity index (χ0n) is 34.9. The van der Waals surface area contributed by atoms with Crippen LogP contribution in [0.15, 0.2) is 78.9 Å². The number of hydrogen-bond acceptors (Lipinski definition) is 9. The second-order valence-electron chi connectivity index (χ2n) is 16.6. The molecule has 3 N–H and O–H groups in total. The minimum atomic E-state index is -1.05. The van der Waals surface area contributed by atoms with Crippen molar-refractivity contribution in [3.05, 3.63) is 107 Å². The minimum Gasteiger partial charge on any atom is -0.493 e. The van der Waals surface area contributed by atoms with Crippen LogP contribution in [0.25, 0.3) is 10.8 Å². The Hall–Kier alpha value is -6.19. The van der Waals surface area contributed by atoms with Crippen molar-refractivity contribution in [2.75, 3.05) is 57.7 Å².